The van der Waals surface area contributed by atoms with E-state index in [4.69, 9.17) is 4.74 Å². The lowest BCUT2D eigenvalue weighted by Crippen LogP contribution is -2.26. The molecule has 0 fully saturated rings. The third-order valence-corrected chi connectivity index (χ3v) is 3.16. The van der Waals surface area contributed by atoms with E-state index in [2.05, 4.69) is 25.2 Å². The van der Waals surface area contributed by atoms with E-state index in [1.807, 2.05) is 12.1 Å². The van der Waals surface area contributed by atoms with Crippen molar-refractivity contribution in [3.63, 3.8) is 0 Å². The minimum atomic E-state index is 0.106. The van der Waals surface area contributed by atoms with Crippen molar-refractivity contribution >= 4 is 5.91 Å². The number of fused-ring (bicyclic) bond motifs is 1. The van der Waals surface area contributed by atoms with E-state index < -0.39 is 0 Å². The van der Waals surface area contributed by atoms with E-state index in [0.717, 1.165) is 37.3 Å². The van der Waals surface area contributed by atoms with Crippen LogP contribution in [-0.2, 0) is 17.6 Å². The number of carbonyl (C=O) groups is 1. The lowest BCUT2D eigenvalue weighted by molar-refractivity contribution is -0.120. The van der Waals surface area contributed by atoms with Crippen molar-refractivity contribution in [2.24, 2.45) is 5.92 Å². The monoisotopic (exact) mass is 247 g/mol. The molecule has 0 saturated carbocycles. The highest BCUT2D eigenvalue weighted by Crippen LogP contribution is 2.25. The second-order valence-electron chi connectivity index (χ2n) is 5.25. The number of benzene rings is 1. The number of carbonyl (C=O) groups excluding carboxylic acids is 1. The van der Waals surface area contributed by atoms with Gasteiger partial charge in [-0.15, -0.1) is 0 Å². The van der Waals surface area contributed by atoms with Crippen LogP contribution in [0.1, 0.15) is 31.4 Å². The minimum absolute atomic E-state index is 0.106. The summed E-state index contributed by atoms with van der Waals surface area (Å²) >= 11 is 0. The summed E-state index contributed by atoms with van der Waals surface area (Å²) in [4.78, 5) is 11.8. The van der Waals surface area contributed by atoms with E-state index in [1.165, 1.54) is 5.56 Å². The number of nitrogens with one attached hydrogen (secondary N) is 1. The van der Waals surface area contributed by atoms with Crippen molar-refractivity contribution in [3.05, 3.63) is 29.3 Å². The lowest BCUT2D eigenvalue weighted by Gasteiger charge is -2.08. The summed E-state index contributed by atoms with van der Waals surface area (Å²) in [5.74, 6) is 1.70. The molecule has 3 heteroatoms. The molecule has 3 nitrogen and oxygen atoms in total. The average molecular weight is 247 g/mol. The number of rotatable bonds is 5. The van der Waals surface area contributed by atoms with Crippen molar-refractivity contribution in [3.8, 4) is 5.75 Å². The minimum Gasteiger partial charge on any atom is -0.493 e. The van der Waals surface area contributed by atoms with E-state index in [9.17, 15) is 4.79 Å². The van der Waals surface area contributed by atoms with Crippen LogP contribution in [0.25, 0.3) is 0 Å². The van der Waals surface area contributed by atoms with Crippen LogP contribution >= 0.6 is 0 Å². The predicted molar refractivity (Wildman–Crippen MR) is 71.8 cm³/mol. The van der Waals surface area contributed by atoms with Gasteiger partial charge in [-0.1, -0.05) is 26.0 Å². The first-order valence-corrected chi connectivity index (χ1v) is 6.66. The number of hydrogen-bond donors (Lipinski definition) is 1. The van der Waals surface area contributed by atoms with Gasteiger partial charge in [0, 0.05) is 13.0 Å². The zero-order valence-corrected chi connectivity index (χ0v) is 11.2. The molecule has 1 aromatic rings. The molecule has 0 radical (unpaired) electrons. The van der Waals surface area contributed by atoms with Crippen LogP contribution in [0.15, 0.2) is 18.2 Å². The van der Waals surface area contributed by atoms with Crippen molar-refractivity contribution in [1.82, 2.24) is 5.32 Å². The molecule has 1 aromatic carbocycles. The molecule has 0 spiro atoms. The normalized spacial score (nSPS) is 13.3. The lowest BCUT2D eigenvalue weighted by atomic mass is 10.1. The van der Waals surface area contributed by atoms with Gasteiger partial charge in [-0.3, -0.25) is 4.79 Å². The molecule has 1 heterocycles. The Kier molecular flexibility index (Phi) is 4.24. The maximum Gasteiger partial charge on any atom is 0.224 e. The Bertz CT molecular complexity index is 427. The van der Waals surface area contributed by atoms with Crippen molar-refractivity contribution in [2.45, 2.75) is 33.1 Å². The summed E-state index contributed by atoms with van der Waals surface area (Å²) in [5.41, 5.74) is 2.30. The Morgan fingerprint density at radius 1 is 1.44 bits per heavy atom. The van der Waals surface area contributed by atoms with Gasteiger partial charge in [0.2, 0.25) is 5.91 Å². The highest BCUT2D eigenvalue weighted by molar-refractivity contribution is 5.78. The Labute approximate surface area is 109 Å². The van der Waals surface area contributed by atoms with Crippen LogP contribution < -0.4 is 10.1 Å². The molecule has 0 unspecified atom stereocenters. The fourth-order valence-electron chi connectivity index (χ4n) is 2.10. The predicted octanol–water partition coefficient (Wildman–Crippen LogP) is 2.33. The first-order chi connectivity index (χ1) is 8.65. The molecule has 1 aliphatic rings. The van der Waals surface area contributed by atoms with Gasteiger partial charge in [0.1, 0.15) is 5.75 Å². The molecule has 1 amide bonds. The third kappa shape index (κ3) is 3.49. The van der Waals surface area contributed by atoms with Gasteiger partial charge in [-0.25, -0.2) is 0 Å². The molecule has 0 aromatic heterocycles. The van der Waals surface area contributed by atoms with Gasteiger partial charge in [0.15, 0.2) is 0 Å². The fourth-order valence-corrected chi connectivity index (χ4v) is 2.10. The first kappa shape index (κ1) is 12.9. The second kappa shape index (κ2) is 5.89. The largest absolute Gasteiger partial charge is 0.493 e. The number of hydrogen-bond acceptors (Lipinski definition) is 2. The smallest absolute Gasteiger partial charge is 0.224 e. The molecule has 0 atom stereocenters. The first-order valence-electron chi connectivity index (χ1n) is 6.66. The van der Waals surface area contributed by atoms with E-state index in [-0.39, 0.29) is 5.91 Å². The maximum atomic E-state index is 11.8. The van der Waals surface area contributed by atoms with Crippen LogP contribution in [0.4, 0.5) is 0 Å². The second-order valence-corrected chi connectivity index (χ2v) is 5.25. The molecule has 1 N–H and O–H groups in total. The molecule has 98 valence electrons. The van der Waals surface area contributed by atoms with Gasteiger partial charge < -0.3 is 10.1 Å². The van der Waals surface area contributed by atoms with E-state index in [1.54, 1.807) is 0 Å². The Morgan fingerprint density at radius 3 is 3.06 bits per heavy atom. The third-order valence-electron chi connectivity index (χ3n) is 3.16. The summed E-state index contributed by atoms with van der Waals surface area (Å²) in [5, 5.41) is 2.96. The SMILES string of the molecule is CC(C)CCNC(=O)Cc1ccc2c(c1)CCO2. The molecule has 0 bridgehead atoms. The van der Waals surface area contributed by atoms with Crippen LogP contribution in [0.2, 0.25) is 0 Å². The van der Waals surface area contributed by atoms with E-state index >= 15 is 0 Å². The zero-order valence-electron chi connectivity index (χ0n) is 11.2. The van der Waals surface area contributed by atoms with Crippen molar-refractivity contribution in [1.29, 1.82) is 0 Å². The van der Waals surface area contributed by atoms with Gasteiger partial charge >= 0.3 is 0 Å². The quantitative estimate of drug-likeness (QED) is 0.867. The van der Waals surface area contributed by atoms with Crippen LogP contribution in [-0.4, -0.2) is 19.1 Å². The molecular formula is C15H21NO2. The Morgan fingerprint density at radius 2 is 2.28 bits per heavy atom. The van der Waals surface area contributed by atoms with E-state index in [0.29, 0.717) is 12.3 Å². The molecule has 0 aliphatic carbocycles. The highest BCUT2D eigenvalue weighted by atomic mass is 16.5. The van der Waals surface area contributed by atoms with Crippen LogP contribution in [0, 0.1) is 5.92 Å². The zero-order chi connectivity index (χ0) is 13.0. The Balaban J connectivity index is 1.84. The van der Waals surface area contributed by atoms with Gasteiger partial charge in [-0.2, -0.15) is 0 Å². The molecule has 0 saturated heterocycles. The van der Waals surface area contributed by atoms with Gasteiger partial charge in [-0.05, 0) is 29.5 Å². The summed E-state index contributed by atoms with van der Waals surface area (Å²) in [6.07, 6.45) is 2.45. The summed E-state index contributed by atoms with van der Waals surface area (Å²) in [6.45, 7) is 5.85. The fraction of sp³-hybridized carbons (Fsp3) is 0.533. The molecule has 2 rings (SSSR count). The van der Waals surface area contributed by atoms with Crippen molar-refractivity contribution in [2.75, 3.05) is 13.2 Å². The summed E-state index contributed by atoms with van der Waals surface area (Å²) in [6, 6.07) is 6.04. The molecular weight excluding hydrogens is 226 g/mol. The van der Waals surface area contributed by atoms with Crippen LogP contribution in [0.3, 0.4) is 0 Å². The average Bonchev–Trinajstić information content (AvgIpc) is 2.75. The summed E-state index contributed by atoms with van der Waals surface area (Å²) in [7, 11) is 0. The molecule has 1 aliphatic heterocycles. The standard InChI is InChI=1S/C15H21NO2/c1-11(2)5-7-16-15(17)10-12-3-4-14-13(9-12)6-8-18-14/h3-4,9,11H,5-8,10H2,1-2H3,(H,16,17). The molecule has 18 heavy (non-hydrogen) atoms. The van der Waals surface area contributed by atoms with Crippen LogP contribution in [0.5, 0.6) is 5.75 Å². The highest BCUT2D eigenvalue weighted by Gasteiger charge is 2.13. The van der Waals surface area contributed by atoms with Crippen molar-refractivity contribution < 1.29 is 9.53 Å². The maximum absolute atomic E-state index is 11.8. The van der Waals surface area contributed by atoms with Gasteiger partial charge in [0.25, 0.3) is 0 Å². The van der Waals surface area contributed by atoms with Gasteiger partial charge in [0.05, 0.1) is 13.0 Å². The number of ether oxygens (including phenoxy) is 1. The Hall–Kier alpha value is -1.51. The number of amides is 1. The summed E-state index contributed by atoms with van der Waals surface area (Å²) < 4.78 is 5.45. The topological polar surface area (TPSA) is 38.3 Å².